The number of hydrogen-bond acceptors (Lipinski definition) is 2. The number of hydrogen-bond donors (Lipinski definition) is 0. The van der Waals surface area contributed by atoms with Gasteiger partial charge in [-0.3, -0.25) is 4.90 Å². The Balaban J connectivity index is 0.000000184. The second kappa shape index (κ2) is 7.85. The second-order valence-corrected chi connectivity index (χ2v) is 5.49. The molecule has 4 heteroatoms. The van der Waals surface area contributed by atoms with Crippen molar-refractivity contribution >= 4 is 0 Å². The Morgan fingerprint density at radius 1 is 1.33 bits per heavy atom. The minimum absolute atomic E-state index is 0.0445. The number of likely N-dealkylation sites (N-methyl/N-ethyl adjacent to an activating group) is 1. The van der Waals surface area contributed by atoms with Crippen LogP contribution in [-0.2, 0) is 0 Å². The third-order valence-corrected chi connectivity index (χ3v) is 3.48. The maximum Gasteiger partial charge on any atom is 0.113 e. The van der Waals surface area contributed by atoms with E-state index in [0.29, 0.717) is 19.0 Å². The molecule has 2 heterocycles. The first-order valence-electron chi connectivity index (χ1n) is 6.90. The van der Waals surface area contributed by atoms with E-state index in [1.54, 1.807) is 6.08 Å². The average Bonchev–Trinajstić information content (AvgIpc) is 2.34. The van der Waals surface area contributed by atoms with E-state index in [-0.39, 0.29) is 5.83 Å². The van der Waals surface area contributed by atoms with Crippen LogP contribution in [0.25, 0.3) is 0 Å². The van der Waals surface area contributed by atoms with Gasteiger partial charge in [-0.2, -0.15) is 0 Å². The Bertz CT molecular complexity index is 267. The molecule has 0 aromatic heterocycles. The van der Waals surface area contributed by atoms with Gasteiger partial charge in [-0.15, -0.1) is 0 Å². The summed E-state index contributed by atoms with van der Waals surface area (Å²) in [5, 5.41) is 0. The molecular formula is C14H26F2N2. The van der Waals surface area contributed by atoms with Gasteiger partial charge in [-0.05, 0) is 46.4 Å². The van der Waals surface area contributed by atoms with Crippen LogP contribution in [0.4, 0.5) is 8.78 Å². The molecule has 2 rings (SSSR count). The lowest BCUT2D eigenvalue weighted by atomic mass is 10.1. The van der Waals surface area contributed by atoms with Gasteiger partial charge in [-0.1, -0.05) is 0 Å². The highest BCUT2D eigenvalue weighted by Crippen LogP contribution is 2.14. The highest BCUT2D eigenvalue weighted by Gasteiger charge is 2.20. The summed E-state index contributed by atoms with van der Waals surface area (Å²) >= 11 is 0. The summed E-state index contributed by atoms with van der Waals surface area (Å²) in [6.07, 6.45) is 3.44. The summed E-state index contributed by atoms with van der Waals surface area (Å²) < 4.78 is 24.9. The number of piperidine rings is 1. The van der Waals surface area contributed by atoms with Crippen LogP contribution in [0.15, 0.2) is 11.9 Å². The maximum absolute atomic E-state index is 12.8. The van der Waals surface area contributed by atoms with Crippen LogP contribution in [0.5, 0.6) is 0 Å². The maximum atomic E-state index is 12.8. The van der Waals surface area contributed by atoms with Gasteiger partial charge in [0, 0.05) is 32.1 Å². The van der Waals surface area contributed by atoms with Gasteiger partial charge in [0.15, 0.2) is 0 Å². The number of nitrogens with zero attached hydrogens (tertiary/aromatic N) is 2. The lowest BCUT2D eigenvalue weighted by Gasteiger charge is -2.31. The number of rotatable bonds is 1. The van der Waals surface area contributed by atoms with Crippen molar-refractivity contribution < 1.29 is 8.78 Å². The van der Waals surface area contributed by atoms with Crippen LogP contribution in [0.3, 0.4) is 0 Å². The Morgan fingerprint density at radius 3 is 2.44 bits per heavy atom. The first-order chi connectivity index (χ1) is 8.49. The molecule has 2 aliphatic rings. The van der Waals surface area contributed by atoms with Crippen LogP contribution in [0.2, 0.25) is 0 Å². The van der Waals surface area contributed by atoms with Crippen molar-refractivity contribution in [1.29, 1.82) is 0 Å². The lowest BCUT2D eigenvalue weighted by Crippen LogP contribution is -2.40. The molecule has 0 saturated carbocycles. The summed E-state index contributed by atoms with van der Waals surface area (Å²) in [6.45, 7) is 7.61. The monoisotopic (exact) mass is 260 g/mol. The quantitative estimate of drug-likeness (QED) is 0.715. The summed E-state index contributed by atoms with van der Waals surface area (Å²) in [7, 11) is 1.99. The molecule has 0 spiro atoms. The van der Waals surface area contributed by atoms with Gasteiger partial charge in [0.1, 0.15) is 6.17 Å². The molecule has 0 aromatic carbocycles. The van der Waals surface area contributed by atoms with E-state index >= 15 is 0 Å². The van der Waals surface area contributed by atoms with Crippen LogP contribution in [0.1, 0.15) is 33.1 Å². The fourth-order valence-electron chi connectivity index (χ4n) is 2.17. The van der Waals surface area contributed by atoms with Gasteiger partial charge < -0.3 is 4.90 Å². The zero-order valence-electron chi connectivity index (χ0n) is 11.8. The van der Waals surface area contributed by atoms with Gasteiger partial charge in [0.2, 0.25) is 0 Å². The van der Waals surface area contributed by atoms with E-state index in [1.807, 2.05) is 7.05 Å². The van der Waals surface area contributed by atoms with Crippen LogP contribution in [0, 0.1) is 0 Å². The predicted octanol–water partition coefficient (Wildman–Crippen LogP) is 3.00. The predicted molar refractivity (Wildman–Crippen MR) is 72.1 cm³/mol. The van der Waals surface area contributed by atoms with E-state index < -0.39 is 6.17 Å². The van der Waals surface area contributed by atoms with Gasteiger partial charge >= 0.3 is 0 Å². The number of likely N-dealkylation sites (tertiary alicyclic amines) is 1. The molecular weight excluding hydrogens is 234 g/mol. The summed E-state index contributed by atoms with van der Waals surface area (Å²) in [6, 6.07) is 0.513. The topological polar surface area (TPSA) is 6.48 Å². The minimum Gasteiger partial charge on any atom is -0.302 e. The fourth-order valence-corrected chi connectivity index (χ4v) is 2.17. The van der Waals surface area contributed by atoms with Crippen LogP contribution >= 0.6 is 0 Å². The first kappa shape index (κ1) is 15.6. The van der Waals surface area contributed by atoms with Crippen molar-refractivity contribution in [2.45, 2.75) is 45.3 Å². The van der Waals surface area contributed by atoms with Crippen LogP contribution < -0.4 is 0 Å². The standard InChI is InChI=1S/C8H16FN.C6H10FN/c1-7(2)10-5-3-4-8(9)6-10;1-8-4-2-6(7)3-5-8/h7-8H,3-6H2,1-2H3;2H,3-5H2,1H3. The van der Waals surface area contributed by atoms with Crippen molar-refractivity contribution in [3.63, 3.8) is 0 Å². The fraction of sp³-hybridized carbons (Fsp3) is 0.857. The molecule has 1 saturated heterocycles. The number of alkyl halides is 1. The Morgan fingerprint density at radius 2 is 2.06 bits per heavy atom. The zero-order chi connectivity index (χ0) is 13.5. The molecule has 0 aromatic rings. The molecule has 2 nitrogen and oxygen atoms in total. The second-order valence-electron chi connectivity index (χ2n) is 5.49. The number of halogens is 2. The normalized spacial score (nSPS) is 26.6. The van der Waals surface area contributed by atoms with Crippen molar-refractivity contribution in [3.05, 3.63) is 11.9 Å². The highest BCUT2D eigenvalue weighted by atomic mass is 19.1. The van der Waals surface area contributed by atoms with Crippen molar-refractivity contribution in [2.75, 3.05) is 33.2 Å². The molecule has 0 bridgehead atoms. The highest BCUT2D eigenvalue weighted by molar-refractivity contribution is 4.97. The Kier molecular flexibility index (Phi) is 6.79. The smallest absolute Gasteiger partial charge is 0.113 e. The average molecular weight is 260 g/mol. The summed E-state index contributed by atoms with van der Waals surface area (Å²) in [5.74, 6) is 0.0445. The molecule has 106 valence electrons. The molecule has 1 atom stereocenters. The molecule has 2 aliphatic heterocycles. The lowest BCUT2D eigenvalue weighted by molar-refractivity contribution is 0.112. The van der Waals surface area contributed by atoms with Crippen molar-refractivity contribution in [2.24, 2.45) is 0 Å². The van der Waals surface area contributed by atoms with Gasteiger partial charge in [0.25, 0.3) is 0 Å². The summed E-state index contributed by atoms with van der Waals surface area (Å²) in [4.78, 5) is 4.29. The third kappa shape index (κ3) is 5.91. The largest absolute Gasteiger partial charge is 0.302 e. The molecule has 18 heavy (non-hydrogen) atoms. The van der Waals surface area contributed by atoms with E-state index in [2.05, 4.69) is 23.6 Å². The molecule has 1 fully saturated rings. The SMILES string of the molecule is CC(C)N1CCCC(F)C1.CN1CC=C(F)CC1. The first-order valence-corrected chi connectivity index (χ1v) is 6.90. The molecule has 0 amide bonds. The third-order valence-electron chi connectivity index (χ3n) is 3.48. The summed E-state index contributed by atoms with van der Waals surface area (Å²) in [5.41, 5.74) is 0. The van der Waals surface area contributed by atoms with Crippen molar-refractivity contribution in [3.8, 4) is 0 Å². The van der Waals surface area contributed by atoms with Crippen LogP contribution in [-0.4, -0.2) is 55.2 Å². The van der Waals surface area contributed by atoms with Gasteiger partial charge in [-0.25, -0.2) is 8.78 Å². The zero-order valence-corrected chi connectivity index (χ0v) is 11.8. The van der Waals surface area contributed by atoms with Gasteiger partial charge in [0.05, 0.1) is 5.83 Å². The Hall–Kier alpha value is -0.480. The minimum atomic E-state index is -0.573. The Labute approximate surface area is 110 Å². The molecule has 0 aliphatic carbocycles. The molecule has 1 unspecified atom stereocenters. The van der Waals surface area contributed by atoms with Crippen molar-refractivity contribution in [1.82, 2.24) is 9.80 Å². The van der Waals surface area contributed by atoms with E-state index in [0.717, 1.165) is 32.5 Å². The van der Waals surface area contributed by atoms with E-state index in [9.17, 15) is 8.78 Å². The van der Waals surface area contributed by atoms with E-state index in [1.165, 1.54) is 0 Å². The molecule has 0 radical (unpaired) electrons. The molecule has 0 N–H and O–H groups in total. The van der Waals surface area contributed by atoms with E-state index in [4.69, 9.17) is 0 Å².